The second-order valence-electron chi connectivity index (χ2n) is 6.21. The van der Waals surface area contributed by atoms with Crippen molar-refractivity contribution in [3.63, 3.8) is 0 Å². The van der Waals surface area contributed by atoms with Crippen molar-refractivity contribution in [1.82, 2.24) is 10.2 Å². The average Bonchev–Trinajstić information content (AvgIpc) is 2.55. The van der Waals surface area contributed by atoms with Gasteiger partial charge in [-0.1, -0.05) is 37.3 Å². The fourth-order valence-electron chi connectivity index (χ4n) is 2.90. The van der Waals surface area contributed by atoms with E-state index in [1.165, 1.54) is 12.5 Å². The number of nitrogens with one attached hydrogen (secondary N) is 1. The molecule has 23 heavy (non-hydrogen) atoms. The molecule has 5 heteroatoms. The van der Waals surface area contributed by atoms with Gasteiger partial charge in [-0.3, -0.25) is 9.59 Å². The Hall–Kier alpha value is -1.49. The van der Waals surface area contributed by atoms with Crippen LogP contribution >= 0.6 is 11.8 Å². The van der Waals surface area contributed by atoms with Gasteiger partial charge in [-0.2, -0.15) is 11.8 Å². The van der Waals surface area contributed by atoms with Crippen LogP contribution in [0.1, 0.15) is 38.2 Å². The van der Waals surface area contributed by atoms with E-state index in [2.05, 4.69) is 36.5 Å². The van der Waals surface area contributed by atoms with E-state index in [0.29, 0.717) is 18.2 Å². The summed E-state index contributed by atoms with van der Waals surface area (Å²) in [6.45, 7) is 5.18. The number of piperidine rings is 1. The van der Waals surface area contributed by atoms with Crippen LogP contribution in [0.4, 0.5) is 0 Å². The van der Waals surface area contributed by atoms with Crippen LogP contribution in [0, 0.1) is 0 Å². The summed E-state index contributed by atoms with van der Waals surface area (Å²) >= 11 is 1.69. The Morgan fingerprint density at radius 3 is 2.78 bits per heavy atom. The Morgan fingerprint density at radius 2 is 2.09 bits per heavy atom. The molecule has 2 amide bonds. The van der Waals surface area contributed by atoms with E-state index in [4.69, 9.17) is 0 Å². The van der Waals surface area contributed by atoms with Gasteiger partial charge in [0.15, 0.2) is 0 Å². The van der Waals surface area contributed by atoms with Crippen molar-refractivity contribution in [2.45, 2.75) is 38.6 Å². The molecule has 0 aromatic heterocycles. The predicted octanol–water partition coefficient (Wildman–Crippen LogP) is 2.65. The Balaban J connectivity index is 1.73. The summed E-state index contributed by atoms with van der Waals surface area (Å²) in [5.74, 6) is 2.08. The fourth-order valence-corrected chi connectivity index (χ4v) is 3.92. The lowest BCUT2D eigenvalue weighted by molar-refractivity contribution is -0.130. The van der Waals surface area contributed by atoms with Crippen LogP contribution in [0.3, 0.4) is 0 Å². The summed E-state index contributed by atoms with van der Waals surface area (Å²) in [5, 5.41) is 2.92. The molecule has 1 N–H and O–H groups in total. The van der Waals surface area contributed by atoms with E-state index in [9.17, 15) is 9.59 Å². The average molecular weight is 334 g/mol. The third-order valence-corrected chi connectivity index (χ3v) is 5.33. The van der Waals surface area contributed by atoms with Gasteiger partial charge in [0, 0.05) is 31.8 Å². The topological polar surface area (TPSA) is 49.4 Å². The lowest BCUT2D eigenvalue weighted by Gasteiger charge is -2.33. The second-order valence-corrected chi connectivity index (χ2v) is 7.24. The van der Waals surface area contributed by atoms with Gasteiger partial charge in [0.1, 0.15) is 0 Å². The van der Waals surface area contributed by atoms with Crippen LogP contribution in [0.25, 0.3) is 0 Å². The molecule has 0 radical (unpaired) electrons. The maximum absolute atomic E-state index is 12.3. The molecule has 0 aliphatic carbocycles. The number of likely N-dealkylation sites (tertiary alicyclic amines) is 1. The number of amides is 2. The van der Waals surface area contributed by atoms with E-state index >= 15 is 0 Å². The van der Waals surface area contributed by atoms with Gasteiger partial charge in [0.2, 0.25) is 11.8 Å². The molecule has 0 spiro atoms. The zero-order chi connectivity index (χ0) is 16.7. The molecule has 2 atom stereocenters. The summed E-state index contributed by atoms with van der Waals surface area (Å²) < 4.78 is 0. The molecule has 1 aromatic carbocycles. The van der Waals surface area contributed by atoms with Gasteiger partial charge < -0.3 is 10.2 Å². The van der Waals surface area contributed by atoms with Crippen LogP contribution in [0.15, 0.2) is 30.3 Å². The van der Waals surface area contributed by atoms with Crippen molar-refractivity contribution >= 4 is 23.6 Å². The third kappa shape index (κ3) is 5.90. The Kier molecular flexibility index (Phi) is 6.96. The largest absolute Gasteiger partial charge is 0.352 e. The van der Waals surface area contributed by atoms with E-state index in [0.717, 1.165) is 25.1 Å². The van der Waals surface area contributed by atoms with Crippen molar-refractivity contribution in [3.8, 4) is 0 Å². The molecular weight excluding hydrogens is 308 g/mol. The standard InChI is InChI=1S/C18H26N2O2S/c1-14(16-7-4-3-5-8-16)12-23-13-18(22)20-10-6-9-17(11-20)19-15(2)21/h3-5,7-8,14,17H,6,9-13H2,1-2H3,(H,19,21)/t14-,17-/m0/s1. The Morgan fingerprint density at radius 1 is 1.35 bits per heavy atom. The number of rotatable bonds is 6. The van der Waals surface area contributed by atoms with Crippen molar-refractivity contribution in [1.29, 1.82) is 0 Å². The number of carbonyl (C=O) groups is 2. The first kappa shape index (κ1) is 17.9. The zero-order valence-corrected chi connectivity index (χ0v) is 14.8. The number of nitrogens with zero attached hydrogens (tertiary/aromatic N) is 1. The molecule has 0 bridgehead atoms. The van der Waals surface area contributed by atoms with Crippen LogP contribution in [-0.4, -0.2) is 47.4 Å². The molecule has 4 nitrogen and oxygen atoms in total. The number of hydrogen-bond acceptors (Lipinski definition) is 3. The fraction of sp³-hybridized carbons (Fsp3) is 0.556. The van der Waals surface area contributed by atoms with Gasteiger partial charge in [-0.25, -0.2) is 0 Å². The Bertz CT molecular complexity index is 521. The number of thioether (sulfide) groups is 1. The molecule has 1 saturated heterocycles. The second kappa shape index (κ2) is 8.96. The highest BCUT2D eigenvalue weighted by Crippen LogP contribution is 2.20. The summed E-state index contributed by atoms with van der Waals surface area (Å²) in [4.78, 5) is 25.4. The normalized spacial score (nSPS) is 19.2. The highest BCUT2D eigenvalue weighted by Gasteiger charge is 2.23. The molecule has 2 rings (SSSR count). The van der Waals surface area contributed by atoms with E-state index in [-0.39, 0.29) is 17.9 Å². The molecule has 0 saturated carbocycles. The first-order valence-corrected chi connectivity index (χ1v) is 9.39. The number of benzene rings is 1. The van der Waals surface area contributed by atoms with E-state index < -0.39 is 0 Å². The minimum absolute atomic E-state index is 0.0182. The monoisotopic (exact) mass is 334 g/mol. The highest BCUT2D eigenvalue weighted by atomic mass is 32.2. The lowest BCUT2D eigenvalue weighted by Crippen LogP contribution is -2.49. The van der Waals surface area contributed by atoms with E-state index in [1.54, 1.807) is 11.8 Å². The third-order valence-electron chi connectivity index (χ3n) is 4.14. The van der Waals surface area contributed by atoms with Crippen LogP contribution < -0.4 is 5.32 Å². The number of carbonyl (C=O) groups excluding carboxylic acids is 2. The molecule has 1 fully saturated rings. The molecule has 1 aliphatic heterocycles. The van der Waals surface area contributed by atoms with Gasteiger partial charge in [-0.05, 0) is 24.3 Å². The zero-order valence-electron chi connectivity index (χ0n) is 14.0. The van der Waals surface area contributed by atoms with Crippen molar-refractivity contribution < 1.29 is 9.59 Å². The highest BCUT2D eigenvalue weighted by molar-refractivity contribution is 7.99. The molecule has 1 aromatic rings. The number of hydrogen-bond donors (Lipinski definition) is 1. The minimum Gasteiger partial charge on any atom is -0.352 e. The molecule has 1 aliphatic rings. The van der Waals surface area contributed by atoms with Crippen LogP contribution in [0.5, 0.6) is 0 Å². The van der Waals surface area contributed by atoms with E-state index in [1.807, 2.05) is 11.0 Å². The van der Waals surface area contributed by atoms with Crippen LogP contribution in [-0.2, 0) is 9.59 Å². The van der Waals surface area contributed by atoms with Gasteiger partial charge in [0.25, 0.3) is 0 Å². The quantitative estimate of drug-likeness (QED) is 0.870. The van der Waals surface area contributed by atoms with Gasteiger partial charge in [0.05, 0.1) is 5.75 Å². The summed E-state index contributed by atoms with van der Waals surface area (Å²) in [5.41, 5.74) is 1.32. The first-order chi connectivity index (χ1) is 11.1. The molecule has 1 heterocycles. The van der Waals surface area contributed by atoms with Crippen molar-refractivity contribution in [3.05, 3.63) is 35.9 Å². The Labute approximate surface area is 143 Å². The SMILES string of the molecule is CC(=O)N[C@H]1CCCN(C(=O)CSC[C@H](C)c2ccccc2)C1. The molecule has 126 valence electrons. The molecule has 0 unspecified atom stereocenters. The lowest BCUT2D eigenvalue weighted by atomic mass is 10.0. The smallest absolute Gasteiger partial charge is 0.232 e. The predicted molar refractivity (Wildman–Crippen MR) is 95.6 cm³/mol. The van der Waals surface area contributed by atoms with Crippen molar-refractivity contribution in [2.75, 3.05) is 24.6 Å². The van der Waals surface area contributed by atoms with Crippen molar-refractivity contribution in [2.24, 2.45) is 0 Å². The summed E-state index contributed by atoms with van der Waals surface area (Å²) in [7, 11) is 0. The van der Waals surface area contributed by atoms with Gasteiger partial charge in [-0.15, -0.1) is 0 Å². The minimum atomic E-state index is -0.0182. The summed E-state index contributed by atoms with van der Waals surface area (Å²) in [6.07, 6.45) is 1.92. The first-order valence-electron chi connectivity index (χ1n) is 8.24. The maximum atomic E-state index is 12.3. The molecular formula is C18H26N2O2S. The maximum Gasteiger partial charge on any atom is 0.232 e. The summed E-state index contributed by atoms with van der Waals surface area (Å²) in [6, 6.07) is 10.5. The van der Waals surface area contributed by atoms with Crippen LogP contribution in [0.2, 0.25) is 0 Å². The van der Waals surface area contributed by atoms with Gasteiger partial charge >= 0.3 is 0 Å².